The van der Waals surface area contributed by atoms with Gasteiger partial charge in [-0.15, -0.1) is 0 Å². The molecule has 2 aliphatic rings. The van der Waals surface area contributed by atoms with Gasteiger partial charge in [-0.1, -0.05) is 13.0 Å². The maximum atomic E-state index is 12.2. The first kappa shape index (κ1) is 17.6. The third kappa shape index (κ3) is 4.24. The monoisotopic (exact) mass is 346 g/mol. The molecule has 1 unspecified atom stereocenters. The lowest BCUT2D eigenvalue weighted by molar-refractivity contribution is -0.137. The average Bonchev–Trinajstić information content (AvgIpc) is 3.05. The van der Waals surface area contributed by atoms with Crippen molar-refractivity contribution in [1.82, 2.24) is 10.2 Å². The predicted molar refractivity (Wildman–Crippen MR) is 93.5 cm³/mol. The molecule has 3 rings (SSSR count). The van der Waals surface area contributed by atoms with E-state index in [1.165, 1.54) is 5.56 Å². The Morgan fingerprint density at radius 3 is 2.92 bits per heavy atom. The Hall–Kier alpha value is -2.24. The van der Waals surface area contributed by atoms with Gasteiger partial charge in [0.25, 0.3) is 0 Å². The van der Waals surface area contributed by atoms with Gasteiger partial charge < -0.3 is 19.7 Å². The van der Waals surface area contributed by atoms with Crippen LogP contribution in [0.3, 0.4) is 0 Å². The number of hydrogen-bond acceptors (Lipinski definition) is 4. The Bertz CT molecular complexity index is 661. The van der Waals surface area contributed by atoms with Crippen LogP contribution in [0, 0.1) is 5.41 Å². The summed E-state index contributed by atoms with van der Waals surface area (Å²) in [4.78, 5) is 25.5. The van der Waals surface area contributed by atoms with Crippen molar-refractivity contribution in [3.8, 4) is 11.5 Å². The molecule has 0 aromatic heterocycles. The smallest absolute Gasteiger partial charge is 0.231 e. The van der Waals surface area contributed by atoms with E-state index in [4.69, 9.17) is 9.47 Å². The zero-order chi connectivity index (χ0) is 17.9. The van der Waals surface area contributed by atoms with Crippen molar-refractivity contribution in [1.29, 1.82) is 0 Å². The molecule has 0 aliphatic carbocycles. The molecule has 2 aliphatic heterocycles. The zero-order valence-electron chi connectivity index (χ0n) is 15.0. The van der Waals surface area contributed by atoms with E-state index in [1.807, 2.05) is 17.0 Å². The first-order valence-electron chi connectivity index (χ1n) is 8.86. The van der Waals surface area contributed by atoms with E-state index in [-0.39, 0.29) is 24.0 Å². The van der Waals surface area contributed by atoms with Gasteiger partial charge >= 0.3 is 0 Å². The highest BCUT2D eigenvalue weighted by atomic mass is 16.7. The van der Waals surface area contributed by atoms with Crippen molar-refractivity contribution in [3.63, 3.8) is 0 Å². The first-order chi connectivity index (χ1) is 12.0. The Balaban J connectivity index is 1.60. The van der Waals surface area contributed by atoms with E-state index in [9.17, 15) is 9.59 Å². The fourth-order valence-electron chi connectivity index (χ4n) is 3.64. The number of benzene rings is 1. The molecule has 1 atom stereocenters. The van der Waals surface area contributed by atoms with Crippen LogP contribution in [0.2, 0.25) is 0 Å². The van der Waals surface area contributed by atoms with Gasteiger partial charge in [0.15, 0.2) is 11.5 Å². The fourth-order valence-corrected chi connectivity index (χ4v) is 3.64. The van der Waals surface area contributed by atoms with Crippen molar-refractivity contribution >= 4 is 11.8 Å². The molecule has 1 fully saturated rings. The van der Waals surface area contributed by atoms with Gasteiger partial charge in [0.05, 0.1) is 0 Å². The van der Waals surface area contributed by atoms with Crippen molar-refractivity contribution in [2.45, 2.75) is 39.0 Å². The standard InChI is InChI=1S/C19H26N2O4/c1-19(11-14-5-6-15-16(10-14)25-13-24-15)8-7-18(23)21(12-19)9-3-4-17(22)20-2/h5-6,10H,3-4,7-9,11-13H2,1-2H3,(H,20,22). The van der Waals surface area contributed by atoms with E-state index in [1.54, 1.807) is 7.05 Å². The molecule has 0 saturated carbocycles. The number of likely N-dealkylation sites (tertiary alicyclic amines) is 1. The molecule has 2 amide bonds. The molecule has 136 valence electrons. The summed E-state index contributed by atoms with van der Waals surface area (Å²) in [5.41, 5.74) is 1.24. The number of ether oxygens (including phenoxy) is 2. The molecule has 1 saturated heterocycles. The Labute approximate surface area is 148 Å². The molecule has 2 heterocycles. The summed E-state index contributed by atoms with van der Waals surface area (Å²) in [7, 11) is 1.64. The van der Waals surface area contributed by atoms with E-state index >= 15 is 0 Å². The minimum Gasteiger partial charge on any atom is -0.454 e. The van der Waals surface area contributed by atoms with Crippen LogP contribution in [0.5, 0.6) is 11.5 Å². The molecule has 1 aromatic carbocycles. The number of piperidine rings is 1. The molecule has 6 nitrogen and oxygen atoms in total. The summed E-state index contributed by atoms with van der Waals surface area (Å²) in [6.45, 7) is 3.89. The summed E-state index contributed by atoms with van der Waals surface area (Å²) < 4.78 is 10.8. The molecule has 6 heteroatoms. The maximum absolute atomic E-state index is 12.2. The average molecular weight is 346 g/mol. The number of carbonyl (C=O) groups excluding carboxylic acids is 2. The summed E-state index contributed by atoms with van der Waals surface area (Å²) in [5.74, 6) is 1.81. The lowest BCUT2D eigenvalue weighted by Crippen LogP contribution is -2.46. The minimum atomic E-state index is 0.0209. The minimum absolute atomic E-state index is 0.0209. The van der Waals surface area contributed by atoms with Gasteiger partial charge in [0.1, 0.15) is 0 Å². The third-order valence-electron chi connectivity index (χ3n) is 5.05. The Morgan fingerprint density at radius 1 is 1.32 bits per heavy atom. The van der Waals surface area contributed by atoms with Crippen LogP contribution in [0.25, 0.3) is 0 Å². The van der Waals surface area contributed by atoms with Crippen LogP contribution >= 0.6 is 0 Å². The molecule has 0 radical (unpaired) electrons. The summed E-state index contributed by atoms with van der Waals surface area (Å²) in [6, 6.07) is 6.07. The largest absolute Gasteiger partial charge is 0.454 e. The van der Waals surface area contributed by atoms with E-state index < -0.39 is 0 Å². The van der Waals surface area contributed by atoms with Gasteiger partial charge in [-0.2, -0.15) is 0 Å². The number of hydrogen-bond donors (Lipinski definition) is 1. The van der Waals surface area contributed by atoms with Crippen molar-refractivity contribution < 1.29 is 19.1 Å². The molecular weight excluding hydrogens is 320 g/mol. The summed E-state index contributed by atoms with van der Waals surface area (Å²) in [5, 5.41) is 2.62. The van der Waals surface area contributed by atoms with Gasteiger partial charge in [-0.05, 0) is 42.4 Å². The fraction of sp³-hybridized carbons (Fsp3) is 0.579. The number of nitrogens with zero attached hydrogens (tertiary/aromatic N) is 1. The number of fused-ring (bicyclic) bond motifs is 1. The summed E-state index contributed by atoms with van der Waals surface area (Å²) in [6.07, 6.45) is 3.50. The van der Waals surface area contributed by atoms with Gasteiger partial charge in [0.2, 0.25) is 18.6 Å². The zero-order valence-corrected chi connectivity index (χ0v) is 15.0. The number of nitrogens with one attached hydrogen (secondary N) is 1. The highest BCUT2D eigenvalue weighted by Gasteiger charge is 2.35. The second-order valence-corrected chi connectivity index (χ2v) is 7.27. The molecule has 25 heavy (non-hydrogen) atoms. The molecule has 0 spiro atoms. The lowest BCUT2D eigenvalue weighted by atomic mass is 9.76. The van der Waals surface area contributed by atoms with Crippen LogP contribution in [0.15, 0.2) is 18.2 Å². The maximum Gasteiger partial charge on any atom is 0.231 e. The van der Waals surface area contributed by atoms with Crippen LogP contribution in [0.1, 0.15) is 38.2 Å². The van der Waals surface area contributed by atoms with Gasteiger partial charge in [-0.25, -0.2) is 0 Å². The van der Waals surface area contributed by atoms with Crippen molar-refractivity contribution in [2.24, 2.45) is 5.41 Å². The highest BCUT2D eigenvalue weighted by molar-refractivity contribution is 5.77. The number of rotatable bonds is 6. The Morgan fingerprint density at radius 2 is 2.12 bits per heavy atom. The van der Waals surface area contributed by atoms with Crippen LogP contribution in [-0.2, 0) is 16.0 Å². The quantitative estimate of drug-likeness (QED) is 0.857. The normalized spacial score (nSPS) is 22.2. The molecule has 1 N–H and O–H groups in total. The van der Waals surface area contributed by atoms with Crippen molar-refractivity contribution in [2.75, 3.05) is 26.9 Å². The SMILES string of the molecule is CNC(=O)CCCN1CC(C)(Cc2ccc3c(c2)OCO3)CCC1=O. The van der Waals surface area contributed by atoms with Crippen LogP contribution < -0.4 is 14.8 Å². The first-order valence-corrected chi connectivity index (χ1v) is 8.86. The van der Waals surface area contributed by atoms with E-state index in [0.29, 0.717) is 25.8 Å². The molecular formula is C19H26N2O4. The van der Waals surface area contributed by atoms with Gasteiger partial charge in [-0.3, -0.25) is 9.59 Å². The number of amides is 2. The third-order valence-corrected chi connectivity index (χ3v) is 5.05. The summed E-state index contributed by atoms with van der Waals surface area (Å²) >= 11 is 0. The van der Waals surface area contributed by atoms with E-state index in [2.05, 4.69) is 18.3 Å². The molecule has 0 bridgehead atoms. The van der Waals surface area contributed by atoms with Crippen molar-refractivity contribution in [3.05, 3.63) is 23.8 Å². The second kappa shape index (κ2) is 7.33. The second-order valence-electron chi connectivity index (χ2n) is 7.27. The lowest BCUT2D eigenvalue weighted by Gasteiger charge is -2.40. The van der Waals surface area contributed by atoms with Crippen LogP contribution in [0.4, 0.5) is 0 Å². The topological polar surface area (TPSA) is 67.9 Å². The highest BCUT2D eigenvalue weighted by Crippen LogP contribution is 2.37. The van der Waals surface area contributed by atoms with E-state index in [0.717, 1.165) is 30.9 Å². The Kier molecular flexibility index (Phi) is 5.16. The van der Waals surface area contributed by atoms with Crippen LogP contribution in [-0.4, -0.2) is 43.6 Å². The predicted octanol–water partition coefficient (Wildman–Crippen LogP) is 2.11. The van der Waals surface area contributed by atoms with Gasteiger partial charge in [0, 0.05) is 33.0 Å². The number of carbonyl (C=O) groups is 2. The molecule has 1 aromatic rings.